The molecule has 1 aliphatic heterocycles. The standard InChI is InChI=1S/C17H17ClFNO/c18-12-5-6-14(15(19)10-12)16(20)9-11-7-8-21-17-4-2-1-3-13(11)17/h1-6,10-11,16H,7-9,20H2. The van der Waals surface area contributed by atoms with Gasteiger partial charge in [-0.15, -0.1) is 0 Å². The maximum absolute atomic E-state index is 14.0. The fourth-order valence-electron chi connectivity index (χ4n) is 2.90. The molecule has 0 fully saturated rings. The number of benzene rings is 2. The molecule has 1 heterocycles. The lowest BCUT2D eigenvalue weighted by atomic mass is 9.86. The Bertz CT molecular complexity index is 646. The van der Waals surface area contributed by atoms with Gasteiger partial charge in [0.05, 0.1) is 6.61 Å². The number of nitrogens with two attached hydrogens (primary N) is 1. The van der Waals surface area contributed by atoms with Crippen LogP contribution in [0.2, 0.25) is 5.02 Å². The molecule has 0 spiro atoms. The summed E-state index contributed by atoms with van der Waals surface area (Å²) in [4.78, 5) is 0. The highest BCUT2D eigenvalue weighted by atomic mass is 35.5. The van der Waals surface area contributed by atoms with Gasteiger partial charge >= 0.3 is 0 Å². The Kier molecular flexibility index (Phi) is 4.13. The number of fused-ring (bicyclic) bond motifs is 1. The van der Waals surface area contributed by atoms with Gasteiger partial charge in [0.2, 0.25) is 0 Å². The first-order valence-electron chi connectivity index (χ1n) is 7.07. The van der Waals surface area contributed by atoms with E-state index in [-0.39, 0.29) is 11.9 Å². The van der Waals surface area contributed by atoms with Crippen LogP contribution < -0.4 is 10.5 Å². The molecule has 2 nitrogen and oxygen atoms in total. The van der Waals surface area contributed by atoms with Gasteiger partial charge in [-0.1, -0.05) is 35.9 Å². The van der Waals surface area contributed by atoms with E-state index in [0.717, 1.165) is 17.7 Å². The summed E-state index contributed by atoms with van der Waals surface area (Å²) in [6.45, 7) is 0.678. The lowest BCUT2D eigenvalue weighted by Crippen LogP contribution is -2.20. The summed E-state index contributed by atoms with van der Waals surface area (Å²) in [5.41, 5.74) is 7.89. The Morgan fingerprint density at radius 1 is 1.29 bits per heavy atom. The summed E-state index contributed by atoms with van der Waals surface area (Å²) in [6.07, 6.45) is 1.60. The van der Waals surface area contributed by atoms with E-state index in [1.165, 1.54) is 6.07 Å². The van der Waals surface area contributed by atoms with Crippen LogP contribution in [0.3, 0.4) is 0 Å². The third kappa shape index (κ3) is 3.04. The first-order valence-corrected chi connectivity index (χ1v) is 7.45. The van der Waals surface area contributed by atoms with Crippen molar-refractivity contribution in [3.63, 3.8) is 0 Å². The number of hydrogen-bond donors (Lipinski definition) is 1. The van der Waals surface area contributed by atoms with Gasteiger partial charge in [-0.3, -0.25) is 0 Å². The molecular formula is C17H17ClFNO. The zero-order valence-electron chi connectivity index (χ0n) is 11.6. The number of rotatable bonds is 3. The van der Waals surface area contributed by atoms with Gasteiger partial charge in [-0.25, -0.2) is 4.39 Å². The summed E-state index contributed by atoms with van der Waals surface area (Å²) in [7, 11) is 0. The molecule has 0 bridgehead atoms. The first-order chi connectivity index (χ1) is 10.1. The molecule has 2 unspecified atom stereocenters. The van der Waals surface area contributed by atoms with E-state index in [2.05, 4.69) is 6.07 Å². The molecule has 21 heavy (non-hydrogen) atoms. The van der Waals surface area contributed by atoms with E-state index in [1.54, 1.807) is 12.1 Å². The fraction of sp³-hybridized carbons (Fsp3) is 0.294. The third-order valence-corrected chi connectivity index (χ3v) is 4.22. The molecule has 1 aliphatic rings. The second-order valence-corrected chi connectivity index (χ2v) is 5.82. The maximum atomic E-state index is 14.0. The van der Waals surface area contributed by atoms with Crippen LogP contribution in [-0.2, 0) is 0 Å². The monoisotopic (exact) mass is 305 g/mol. The van der Waals surface area contributed by atoms with Gasteiger partial charge in [0.25, 0.3) is 0 Å². The van der Waals surface area contributed by atoms with Crippen molar-refractivity contribution in [2.24, 2.45) is 5.73 Å². The summed E-state index contributed by atoms with van der Waals surface area (Å²) in [6, 6.07) is 12.3. The fourth-order valence-corrected chi connectivity index (χ4v) is 3.06. The molecule has 0 aromatic heterocycles. The molecule has 2 aromatic carbocycles. The van der Waals surface area contributed by atoms with Crippen LogP contribution in [0.5, 0.6) is 5.75 Å². The van der Waals surface area contributed by atoms with Crippen LogP contribution in [0.25, 0.3) is 0 Å². The predicted molar refractivity (Wildman–Crippen MR) is 82.3 cm³/mol. The van der Waals surface area contributed by atoms with Gasteiger partial charge in [0.1, 0.15) is 11.6 Å². The second kappa shape index (κ2) is 6.04. The van der Waals surface area contributed by atoms with Crippen LogP contribution in [0.4, 0.5) is 4.39 Å². The third-order valence-electron chi connectivity index (χ3n) is 3.98. The van der Waals surface area contributed by atoms with E-state index in [1.807, 2.05) is 18.2 Å². The van der Waals surface area contributed by atoms with Crippen LogP contribution in [0.15, 0.2) is 42.5 Å². The van der Waals surface area contributed by atoms with Gasteiger partial charge in [0, 0.05) is 16.6 Å². The second-order valence-electron chi connectivity index (χ2n) is 5.38. The molecule has 0 saturated carbocycles. The zero-order chi connectivity index (χ0) is 14.8. The smallest absolute Gasteiger partial charge is 0.129 e. The largest absolute Gasteiger partial charge is 0.493 e. The highest BCUT2D eigenvalue weighted by molar-refractivity contribution is 6.30. The minimum Gasteiger partial charge on any atom is -0.493 e. The summed E-state index contributed by atoms with van der Waals surface area (Å²) < 4.78 is 19.6. The van der Waals surface area contributed by atoms with Crippen molar-refractivity contribution in [2.75, 3.05) is 6.61 Å². The summed E-state index contributed by atoms with van der Waals surface area (Å²) in [5.74, 6) is 0.868. The van der Waals surface area contributed by atoms with Crippen LogP contribution in [0, 0.1) is 5.82 Å². The van der Waals surface area contributed by atoms with Crippen molar-refractivity contribution in [2.45, 2.75) is 24.8 Å². The molecule has 2 N–H and O–H groups in total. The molecule has 0 amide bonds. The minimum absolute atomic E-state index is 0.292. The predicted octanol–water partition coefficient (Wildman–Crippen LogP) is 4.44. The Hall–Kier alpha value is -1.58. The van der Waals surface area contributed by atoms with E-state index in [9.17, 15) is 4.39 Å². The number of hydrogen-bond acceptors (Lipinski definition) is 2. The highest BCUT2D eigenvalue weighted by Crippen LogP contribution is 2.38. The average molecular weight is 306 g/mol. The Morgan fingerprint density at radius 3 is 2.90 bits per heavy atom. The van der Waals surface area contributed by atoms with Gasteiger partial charge in [-0.05, 0) is 42.5 Å². The maximum Gasteiger partial charge on any atom is 0.129 e. The van der Waals surface area contributed by atoms with Crippen molar-refractivity contribution >= 4 is 11.6 Å². The van der Waals surface area contributed by atoms with E-state index in [0.29, 0.717) is 29.5 Å². The van der Waals surface area contributed by atoms with Crippen molar-refractivity contribution in [3.8, 4) is 5.75 Å². The molecule has 0 aliphatic carbocycles. The Labute approximate surface area is 128 Å². The van der Waals surface area contributed by atoms with Gasteiger partial charge < -0.3 is 10.5 Å². The first kappa shape index (κ1) is 14.4. The van der Waals surface area contributed by atoms with E-state index < -0.39 is 0 Å². The molecule has 2 atom stereocenters. The molecule has 4 heteroatoms. The van der Waals surface area contributed by atoms with Crippen LogP contribution in [-0.4, -0.2) is 6.61 Å². The highest BCUT2D eigenvalue weighted by Gasteiger charge is 2.24. The number of halogens is 2. The topological polar surface area (TPSA) is 35.2 Å². The van der Waals surface area contributed by atoms with Crippen LogP contribution >= 0.6 is 11.6 Å². The number of para-hydroxylation sites is 1. The van der Waals surface area contributed by atoms with Gasteiger partial charge in [-0.2, -0.15) is 0 Å². The summed E-state index contributed by atoms with van der Waals surface area (Å²) >= 11 is 5.78. The van der Waals surface area contributed by atoms with Crippen molar-refractivity contribution in [3.05, 3.63) is 64.4 Å². The minimum atomic E-state index is -0.349. The lowest BCUT2D eigenvalue weighted by molar-refractivity contribution is 0.259. The molecule has 3 rings (SSSR count). The van der Waals surface area contributed by atoms with Crippen molar-refractivity contribution in [1.29, 1.82) is 0 Å². The number of ether oxygens (including phenoxy) is 1. The normalized spacial score (nSPS) is 18.7. The molecule has 0 radical (unpaired) electrons. The van der Waals surface area contributed by atoms with Crippen LogP contribution in [0.1, 0.15) is 35.9 Å². The lowest BCUT2D eigenvalue weighted by Gasteiger charge is -2.28. The quantitative estimate of drug-likeness (QED) is 0.910. The van der Waals surface area contributed by atoms with E-state index in [4.69, 9.17) is 22.1 Å². The molecule has 0 saturated heterocycles. The molecule has 2 aromatic rings. The average Bonchev–Trinajstić information content (AvgIpc) is 2.47. The van der Waals surface area contributed by atoms with Crippen molar-refractivity contribution in [1.82, 2.24) is 0 Å². The zero-order valence-corrected chi connectivity index (χ0v) is 12.3. The molecular weight excluding hydrogens is 289 g/mol. The Morgan fingerprint density at radius 2 is 2.10 bits per heavy atom. The Balaban J connectivity index is 1.81. The van der Waals surface area contributed by atoms with Gasteiger partial charge in [0.15, 0.2) is 0 Å². The van der Waals surface area contributed by atoms with E-state index >= 15 is 0 Å². The van der Waals surface area contributed by atoms with Crippen molar-refractivity contribution < 1.29 is 9.13 Å². The SMILES string of the molecule is NC(CC1CCOc2ccccc21)c1ccc(Cl)cc1F. The summed E-state index contributed by atoms with van der Waals surface area (Å²) in [5, 5.41) is 0.389. The molecule has 110 valence electrons.